The largest absolute Gasteiger partial charge is 0.356 e. The molecule has 8 nitrogen and oxygen atoms in total. The summed E-state index contributed by atoms with van der Waals surface area (Å²) in [6, 6.07) is 6.22. The summed E-state index contributed by atoms with van der Waals surface area (Å²) in [4.78, 5) is 16.3. The number of thiophene rings is 1. The van der Waals surface area contributed by atoms with Crippen molar-refractivity contribution in [2.24, 2.45) is 0 Å². The third-order valence-corrected chi connectivity index (χ3v) is 6.76. The summed E-state index contributed by atoms with van der Waals surface area (Å²) in [7, 11) is -3.45. The Morgan fingerprint density at radius 1 is 1.29 bits per heavy atom. The summed E-state index contributed by atoms with van der Waals surface area (Å²) < 4.78 is 27.5. The highest BCUT2D eigenvalue weighted by molar-refractivity contribution is 7.91. The average molecular weight is 368 g/mol. The second-order valence-corrected chi connectivity index (χ2v) is 8.33. The molecule has 1 aliphatic heterocycles. The predicted octanol–water partition coefficient (Wildman–Crippen LogP) is 2.00. The topological polar surface area (TPSA) is 105 Å². The van der Waals surface area contributed by atoms with E-state index in [0.29, 0.717) is 36.0 Å². The van der Waals surface area contributed by atoms with Gasteiger partial charge in [-0.05, 0) is 30.4 Å². The zero-order valence-corrected chi connectivity index (χ0v) is 14.3. The minimum absolute atomic E-state index is 0.0441. The molecule has 3 rings (SSSR count). The molecule has 24 heavy (non-hydrogen) atoms. The van der Waals surface area contributed by atoms with E-state index in [1.165, 1.54) is 23.6 Å². The van der Waals surface area contributed by atoms with E-state index in [1.807, 2.05) is 4.90 Å². The fourth-order valence-corrected chi connectivity index (χ4v) is 4.91. The van der Waals surface area contributed by atoms with Gasteiger partial charge in [-0.15, -0.1) is 11.3 Å². The average Bonchev–Trinajstić information content (AvgIpc) is 3.11. The number of nitro groups is 1. The number of pyridine rings is 1. The quantitative estimate of drug-likeness (QED) is 0.639. The van der Waals surface area contributed by atoms with Crippen molar-refractivity contribution < 1.29 is 13.3 Å². The number of hydrogen-bond acceptors (Lipinski definition) is 7. The summed E-state index contributed by atoms with van der Waals surface area (Å²) in [5, 5.41) is 12.4. The zero-order chi connectivity index (χ0) is 17.2. The van der Waals surface area contributed by atoms with Crippen LogP contribution >= 0.6 is 11.3 Å². The molecule has 2 aromatic heterocycles. The third-order valence-electron chi connectivity index (χ3n) is 3.84. The van der Waals surface area contributed by atoms with Crippen molar-refractivity contribution in [3.8, 4) is 0 Å². The van der Waals surface area contributed by atoms with Gasteiger partial charge in [-0.3, -0.25) is 10.1 Å². The minimum Gasteiger partial charge on any atom is -0.356 e. The first-order valence-electron chi connectivity index (χ1n) is 7.37. The standard InChI is InChI=1S/C14H16N4O4S2/c19-18(20)12-3-4-13(15-10-12)17-7-5-11(6-8-17)16-24(21,22)14-2-1-9-23-14/h1-4,9-11,16H,5-8H2. The summed E-state index contributed by atoms with van der Waals surface area (Å²) in [6.07, 6.45) is 2.55. The normalized spacial score (nSPS) is 16.2. The fourth-order valence-electron chi connectivity index (χ4n) is 2.59. The predicted molar refractivity (Wildman–Crippen MR) is 90.8 cm³/mol. The van der Waals surface area contributed by atoms with Crippen LogP contribution < -0.4 is 9.62 Å². The molecule has 1 fully saturated rings. The molecule has 0 aliphatic carbocycles. The number of anilines is 1. The van der Waals surface area contributed by atoms with E-state index in [2.05, 4.69) is 9.71 Å². The van der Waals surface area contributed by atoms with E-state index in [1.54, 1.807) is 23.6 Å². The van der Waals surface area contributed by atoms with Crippen molar-refractivity contribution in [1.82, 2.24) is 9.71 Å². The van der Waals surface area contributed by atoms with Crippen molar-refractivity contribution in [3.63, 3.8) is 0 Å². The van der Waals surface area contributed by atoms with Crippen molar-refractivity contribution in [2.45, 2.75) is 23.1 Å². The second-order valence-electron chi connectivity index (χ2n) is 5.45. The molecule has 0 unspecified atom stereocenters. The monoisotopic (exact) mass is 368 g/mol. The molecular weight excluding hydrogens is 352 g/mol. The molecule has 10 heteroatoms. The van der Waals surface area contributed by atoms with Crippen LogP contribution in [-0.2, 0) is 10.0 Å². The Bertz CT molecular complexity index is 798. The van der Waals surface area contributed by atoms with E-state index in [0.717, 1.165) is 0 Å². The molecule has 0 aromatic carbocycles. The van der Waals surface area contributed by atoms with Gasteiger partial charge in [0.25, 0.3) is 5.69 Å². The van der Waals surface area contributed by atoms with Gasteiger partial charge in [0.05, 0.1) is 4.92 Å². The first-order valence-corrected chi connectivity index (χ1v) is 9.73. The highest BCUT2D eigenvalue weighted by atomic mass is 32.2. The summed E-state index contributed by atoms with van der Waals surface area (Å²) in [5.41, 5.74) is -0.0441. The Morgan fingerprint density at radius 2 is 2.04 bits per heavy atom. The molecule has 1 saturated heterocycles. The summed E-state index contributed by atoms with van der Waals surface area (Å²) in [5.74, 6) is 0.667. The Kier molecular flexibility index (Phi) is 4.78. The molecular formula is C14H16N4O4S2. The molecule has 0 amide bonds. The number of sulfonamides is 1. The van der Waals surface area contributed by atoms with Crippen LogP contribution in [0.15, 0.2) is 40.1 Å². The highest BCUT2D eigenvalue weighted by Gasteiger charge is 2.25. The molecule has 3 heterocycles. The smallest absolute Gasteiger partial charge is 0.287 e. The van der Waals surface area contributed by atoms with Crippen LogP contribution in [0.1, 0.15) is 12.8 Å². The summed E-state index contributed by atoms with van der Waals surface area (Å²) >= 11 is 1.19. The maximum absolute atomic E-state index is 12.2. The van der Waals surface area contributed by atoms with Gasteiger partial charge < -0.3 is 4.90 Å². The van der Waals surface area contributed by atoms with Crippen LogP contribution in [0.25, 0.3) is 0 Å². The lowest BCUT2D eigenvalue weighted by molar-refractivity contribution is -0.385. The van der Waals surface area contributed by atoms with Gasteiger partial charge in [0.1, 0.15) is 16.2 Å². The molecule has 2 aromatic rings. The molecule has 0 spiro atoms. The molecule has 1 N–H and O–H groups in total. The number of aromatic nitrogens is 1. The van der Waals surface area contributed by atoms with Crippen molar-refractivity contribution >= 4 is 32.9 Å². The number of piperidine rings is 1. The highest BCUT2D eigenvalue weighted by Crippen LogP contribution is 2.22. The lowest BCUT2D eigenvalue weighted by Gasteiger charge is -2.32. The van der Waals surface area contributed by atoms with E-state index in [4.69, 9.17) is 0 Å². The van der Waals surface area contributed by atoms with E-state index < -0.39 is 14.9 Å². The van der Waals surface area contributed by atoms with Gasteiger partial charge in [0, 0.05) is 25.2 Å². The van der Waals surface area contributed by atoms with Crippen LogP contribution in [0.4, 0.5) is 11.5 Å². The van der Waals surface area contributed by atoms with Crippen molar-refractivity contribution in [1.29, 1.82) is 0 Å². The zero-order valence-electron chi connectivity index (χ0n) is 12.7. The molecule has 0 saturated carbocycles. The van der Waals surface area contributed by atoms with Gasteiger partial charge in [-0.2, -0.15) is 0 Å². The number of rotatable bonds is 5. The van der Waals surface area contributed by atoms with Gasteiger partial charge in [0.2, 0.25) is 10.0 Å². The lowest BCUT2D eigenvalue weighted by atomic mass is 10.1. The fraction of sp³-hybridized carbons (Fsp3) is 0.357. The summed E-state index contributed by atoms with van der Waals surface area (Å²) in [6.45, 7) is 1.28. The maximum atomic E-state index is 12.2. The van der Waals surface area contributed by atoms with Crippen LogP contribution in [0.3, 0.4) is 0 Å². The van der Waals surface area contributed by atoms with Gasteiger partial charge >= 0.3 is 0 Å². The van der Waals surface area contributed by atoms with E-state index in [-0.39, 0.29) is 11.7 Å². The molecule has 0 atom stereocenters. The van der Waals surface area contributed by atoms with E-state index >= 15 is 0 Å². The van der Waals surface area contributed by atoms with Crippen molar-refractivity contribution in [2.75, 3.05) is 18.0 Å². The SMILES string of the molecule is O=[N+]([O-])c1ccc(N2CCC(NS(=O)(=O)c3cccs3)CC2)nc1. The second kappa shape index (κ2) is 6.83. The molecule has 0 bridgehead atoms. The van der Waals surface area contributed by atoms with Gasteiger partial charge in [-0.1, -0.05) is 6.07 Å². The van der Waals surface area contributed by atoms with Crippen LogP contribution in [-0.4, -0.2) is 37.5 Å². The lowest BCUT2D eigenvalue weighted by Crippen LogP contribution is -2.44. The van der Waals surface area contributed by atoms with Crippen molar-refractivity contribution in [3.05, 3.63) is 46.0 Å². The Hall–Kier alpha value is -2.04. The van der Waals surface area contributed by atoms with Crippen LogP contribution in [0.2, 0.25) is 0 Å². The first-order chi connectivity index (χ1) is 11.5. The Morgan fingerprint density at radius 3 is 2.58 bits per heavy atom. The van der Waals surface area contributed by atoms with E-state index in [9.17, 15) is 18.5 Å². The first kappa shape index (κ1) is 16.8. The van der Waals surface area contributed by atoms with Gasteiger partial charge in [-0.25, -0.2) is 18.1 Å². The molecule has 0 radical (unpaired) electrons. The molecule has 128 valence electrons. The van der Waals surface area contributed by atoms with Crippen LogP contribution in [0.5, 0.6) is 0 Å². The number of nitrogens with one attached hydrogen (secondary N) is 1. The molecule has 1 aliphatic rings. The van der Waals surface area contributed by atoms with Gasteiger partial charge in [0.15, 0.2) is 0 Å². The minimum atomic E-state index is -3.45. The number of nitrogens with zero attached hydrogens (tertiary/aromatic N) is 3. The van der Waals surface area contributed by atoms with Crippen LogP contribution in [0, 0.1) is 10.1 Å². The Balaban J connectivity index is 1.59. The Labute approximate surface area is 143 Å². The number of hydrogen-bond donors (Lipinski definition) is 1. The third kappa shape index (κ3) is 3.71. The maximum Gasteiger partial charge on any atom is 0.287 e.